The van der Waals surface area contributed by atoms with Gasteiger partial charge in [0.05, 0.1) is 5.58 Å². The van der Waals surface area contributed by atoms with Crippen LogP contribution >= 0.6 is 0 Å². The van der Waals surface area contributed by atoms with Crippen LogP contribution in [0.15, 0.2) is 144 Å². The van der Waals surface area contributed by atoms with Crippen molar-refractivity contribution in [1.29, 1.82) is 0 Å². The molecule has 0 saturated carbocycles. The topological polar surface area (TPSA) is 38.9 Å². The summed E-state index contributed by atoms with van der Waals surface area (Å²) in [4.78, 5) is 9.35. The molecule has 3 nitrogen and oxygen atoms in total. The monoisotopic (exact) mass is 945 g/mol. The summed E-state index contributed by atoms with van der Waals surface area (Å²) < 4.78 is 7.82. The van der Waals surface area contributed by atoms with E-state index in [1.54, 1.807) is 0 Å². The molecular weight excluding hydrogens is 897 g/mol. The Labute approximate surface area is 336 Å². The average Bonchev–Trinajstić information content (AvgIpc) is 3.58. The van der Waals surface area contributed by atoms with E-state index in [2.05, 4.69) is 171 Å². The number of rotatable bonds is 8. The van der Waals surface area contributed by atoms with Crippen molar-refractivity contribution < 1.29 is 24.5 Å². The first-order valence-corrected chi connectivity index (χ1v) is 26.0. The summed E-state index contributed by atoms with van der Waals surface area (Å²) in [7, 11) is 0. The first-order valence-electron chi connectivity index (χ1n) is 18.7. The molecule has 0 aliphatic carbocycles. The molecule has 0 spiro atoms. The largest absolute Gasteiger partial charge is 0 e. The summed E-state index contributed by atoms with van der Waals surface area (Å²) in [5.74, 6) is 7.72. The zero-order valence-corrected chi connectivity index (χ0v) is 36.4. The van der Waals surface area contributed by atoms with Gasteiger partial charge in [0, 0.05) is 31.7 Å². The van der Waals surface area contributed by atoms with Crippen molar-refractivity contribution in [3.8, 4) is 44.8 Å². The fourth-order valence-electron chi connectivity index (χ4n) is 6.98. The average molecular weight is 944 g/mol. The van der Waals surface area contributed by atoms with Crippen molar-refractivity contribution in [1.82, 2.24) is 9.97 Å². The van der Waals surface area contributed by atoms with Gasteiger partial charge in [0.25, 0.3) is 0 Å². The van der Waals surface area contributed by atoms with Gasteiger partial charge in [-0.15, -0.1) is 18.2 Å². The SMILES string of the molecule is CCC(CC)c1ccnc(-c2[c-]ccc3c2oc2cc(-c4ccccc4)ccc23)c1.Cc1c[c-]c(-c2cc[c]([Ge]([CH3])([CH3])[CH3])cn2)cc1-c1ccccc1.[Ir]. The van der Waals surface area contributed by atoms with Gasteiger partial charge in [-0.1, -0.05) is 78.9 Å². The molecular formula is C49H46GeIrN2O-2. The van der Waals surface area contributed by atoms with Gasteiger partial charge in [0.2, 0.25) is 0 Å². The summed E-state index contributed by atoms with van der Waals surface area (Å²) in [5, 5.41) is 2.23. The minimum absolute atomic E-state index is 0. The number of furan rings is 1. The third kappa shape index (κ3) is 8.52. The van der Waals surface area contributed by atoms with E-state index in [4.69, 9.17) is 9.40 Å². The van der Waals surface area contributed by atoms with Crippen molar-refractivity contribution in [2.45, 2.75) is 56.8 Å². The molecule has 0 atom stereocenters. The summed E-state index contributed by atoms with van der Waals surface area (Å²) in [5.41, 5.74) is 13.0. The zero-order chi connectivity index (χ0) is 37.0. The number of hydrogen-bond acceptors (Lipinski definition) is 3. The molecule has 5 aromatic carbocycles. The molecule has 0 aliphatic heterocycles. The van der Waals surface area contributed by atoms with Crippen LogP contribution in [0.4, 0.5) is 0 Å². The number of nitrogens with zero attached hydrogens (tertiary/aromatic N) is 2. The zero-order valence-electron chi connectivity index (χ0n) is 31.9. The summed E-state index contributed by atoms with van der Waals surface area (Å²) in [6.07, 6.45) is 6.22. The number of aryl methyl sites for hydroxylation is 1. The van der Waals surface area contributed by atoms with Crippen LogP contribution in [0.5, 0.6) is 0 Å². The maximum absolute atomic E-state index is 6.38. The van der Waals surface area contributed by atoms with E-state index in [9.17, 15) is 0 Å². The van der Waals surface area contributed by atoms with E-state index in [0.717, 1.165) is 62.9 Å². The Balaban J connectivity index is 0.000000187. The van der Waals surface area contributed by atoms with E-state index in [0.29, 0.717) is 5.92 Å². The molecule has 0 aliphatic rings. The van der Waals surface area contributed by atoms with Crippen molar-refractivity contribution in [2.24, 2.45) is 0 Å². The van der Waals surface area contributed by atoms with Crippen LogP contribution in [-0.4, -0.2) is 23.2 Å². The molecule has 54 heavy (non-hydrogen) atoms. The second-order valence-corrected chi connectivity index (χ2v) is 25.4. The normalized spacial score (nSPS) is 11.3. The molecule has 0 fully saturated rings. The van der Waals surface area contributed by atoms with Gasteiger partial charge in [-0.25, -0.2) is 0 Å². The van der Waals surface area contributed by atoms with Gasteiger partial charge in [-0.05, 0) is 47.7 Å². The number of pyridine rings is 2. The molecule has 8 rings (SSSR count). The Morgan fingerprint density at radius 2 is 1.41 bits per heavy atom. The van der Waals surface area contributed by atoms with Crippen LogP contribution in [0.3, 0.4) is 0 Å². The first-order chi connectivity index (χ1) is 25.7. The number of fused-ring (bicyclic) bond motifs is 3. The van der Waals surface area contributed by atoms with E-state index in [1.165, 1.54) is 32.2 Å². The van der Waals surface area contributed by atoms with E-state index >= 15 is 0 Å². The van der Waals surface area contributed by atoms with Crippen molar-refractivity contribution in [3.63, 3.8) is 0 Å². The van der Waals surface area contributed by atoms with Gasteiger partial charge < -0.3 is 9.40 Å². The summed E-state index contributed by atoms with van der Waals surface area (Å²) >= 11 is -1.80. The molecule has 5 heteroatoms. The van der Waals surface area contributed by atoms with Crippen molar-refractivity contribution >= 4 is 39.6 Å². The molecule has 0 unspecified atom stereocenters. The smallest absolute Gasteiger partial charge is 0 e. The Hall–Kier alpha value is -4.61. The molecule has 3 heterocycles. The van der Waals surface area contributed by atoms with Gasteiger partial charge in [0.15, 0.2) is 0 Å². The van der Waals surface area contributed by atoms with Gasteiger partial charge in [-0.3, -0.25) is 0 Å². The van der Waals surface area contributed by atoms with Gasteiger partial charge in [0.1, 0.15) is 5.58 Å². The third-order valence-corrected chi connectivity index (χ3v) is 14.4. The Morgan fingerprint density at radius 3 is 2.07 bits per heavy atom. The molecule has 8 aromatic rings. The van der Waals surface area contributed by atoms with Crippen LogP contribution in [0, 0.1) is 19.1 Å². The van der Waals surface area contributed by atoms with Crippen LogP contribution in [-0.2, 0) is 20.1 Å². The third-order valence-electron chi connectivity index (χ3n) is 10.2. The minimum atomic E-state index is -1.80. The number of benzene rings is 5. The molecule has 1 radical (unpaired) electrons. The quantitative estimate of drug-likeness (QED) is 0.113. The summed E-state index contributed by atoms with van der Waals surface area (Å²) in [6.45, 7) is 6.61. The maximum atomic E-state index is 6.38. The standard InChI is InChI=1S/C28H24NO.C21H22GeN.Ir/c1-3-19(4-2)22-15-16-29-26(17-22)25-12-8-11-24-23-14-13-21(18-27(23)30-28(24)25)20-9-6-5-7-10-20;1-16-10-11-18(14-20(16)17-8-6-5-7-9-17)21-13-12-19(15-23-21)22(2,3)4;/h5-11,13-19H,3-4H2,1-2H3;5-10,12-15H,1-4H3;/q2*-1;. The maximum Gasteiger partial charge on any atom is 0 e. The molecule has 0 amide bonds. The predicted octanol–water partition coefficient (Wildman–Crippen LogP) is 13.1. The van der Waals surface area contributed by atoms with Crippen LogP contribution in [0.2, 0.25) is 17.3 Å². The molecule has 0 bridgehead atoms. The Morgan fingerprint density at radius 1 is 0.685 bits per heavy atom. The van der Waals surface area contributed by atoms with Crippen molar-refractivity contribution in [2.75, 3.05) is 0 Å². The molecule has 0 saturated heterocycles. The Kier molecular flexibility index (Phi) is 12.5. The second kappa shape index (κ2) is 17.2. The first kappa shape index (κ1) is 39.1. The van der Waals surface area contributed by atoms with E-state index < -0.39 is 13.3 Å². The molecule has 0 N–H and O–H groups in total. The summed E-state index contributed by atoms with van der Waals surface area (Å²) in [6, 6.07) is 51.1. The van der Waals surface area contributed by atoms with Gasteiger partial charge in [-0.2, -0.15) is 0 Å². The van der Waals surface area contributed by atoms with Crippen LogP contribution in [0.1, 0.15) is 43.7 Å². The second-order valence-electron chi connectivity index (χ2n) is 14.8. The number of aromatic nitrogens is 2. The minimum Gasteiger partial charge on any atom is 0 e. The van der Waals surface area contributed by atoms with Crippen molar-refractivity contribution in [3.05, 3.63) is 163 Å². The predicted molar refractivity (Wildman–Crippen MR) is 226 cm³/mol. The molecule has 3 aromatic heterocycles. The van der Waals surface area contributed by atoms with Crippen LogP contribution < -0.4 is 4.40 Å². The van der Waals surface area contributed by atoms with Crippen LogP contribution in [0.25, 0.3) is 66.7 Å². The number of hydrogen-bond donors (Lipinski definition) is 0. The van der Waals surface area contributed by atoms with Gasteiger partial charge >= 0.3 is 142 Å². The fraction of sp³-hybridized carbons (Fsp3) is 0.184. The molecule has 273 valence electrons. The Bertz CT molecular complexity index is 2460. The fourth-order valence-corrected chi connectivity index (χ4v) is 9.15. The van der Waals surface area contributed by atoms with E-state index in [-0.39, 0.29) is 20.1 Å². The van der Waals surface area contributed by atoms with E-state index in [1.807, 2.05) is 24.4 Å².